The molecule has 1 aliphatic rings. The number of nitrogens with zero attached hydrogens (tertiary/aromatic N) is 2. The molecule has 0 aliphatic carbocycles. The van der Waals surface area contributed by atoms with Crippen molar-refractivity contribution in [2.75, 3.05) is 18.7 Å². The second kappa shape index (κ2) is 8.42. The van der Waals surface area contributed by atoms with Gasteiger partial charge < -0.3 is 28.9 Å². The van der Waals surface area contributed by atoms with Crippen molar-refractivity contribution in [2.24, 2.45) is 5.16 Å². The van der Waals surface area contributed by atoms with Crippen molar-refractivity contribution in [1.29, 1.82) is 0 Å². The van der Waals surface area contributed by atoms with Gasteiger partial charge >= 0.3 is 5.97 Å². The van der Waals surface area contributed by atoms with Crippen LogP contribution in [-0.4, -0.2) is 42.2 Å². The Morgan fingerprint density at radius 3 is 2.82 bits per heavy atom. The second-order valence-electron chi connectivity index (χ2n) is 5.96. The fourth-order valence-electron chi connectivity index (χ4n) is 2.29. The van der Waals surface area contributed by atoms with Crippen LogP contribution in [0.2, 0.25) is 0 Å². The van der Waals surface area contributed by atoms with E-state index in [9.17, 15) is 9.59 Å². The molecule has 1 aromatic heterocycles. The van der Waals surface area contributed by atoms with Crippen molar-refractivity contribution < 1.29 is 33.2 Å². The Labute approximate surface area is 160 Å². The molecule has 0 saturated heterocycles. The van der Waals surface area contributed by atoms with Crippen LogP contribution in [0.3, 0.4) is 0 Å². The van der Waals surface area contributed by atoms with Crippen LogP contribution in [0.4, 0.5) is 5.82 Å². The summed E-state index contributed by atoms with van der Waals surface area (Å²) in [6.45, 7) is 4.58. The number of hydrogen-bond acceptors (Lipinski definition) is 9. The van der Waals surface area contributed by atoms with Crippen LogP contribution in [0.5, 0.6) is 11.5 Å². The standard InChI is InChI=1S/C18H19N3O7/c1-10-6-16(21-28-10)19-18(23)12(3)27-17(22)8-26-20-11(2)13-4-5-14-15(7-13)25-9-24-14/h4-7,12H,8-9H2,1-3H3,(H,19,21,23)/b20-11+. The van der Waals surface area contributed by atoms with Gasteiger partial charge in [-0.2, -0.15) is 0 Å². The fraction of sp³-hybridized carbons (Fsp3) is 0.333. The van der Waals surface area contributed by atoms with Crippen molar-refractivity contribution in [3.63, 3.8) is 0 Å². The summed E-state index contributed by atoms with van der Waals surface area (Å²) >= 11 is 0. The zero-order chi connectivity index (χ0) is 20.1. The number of rotatable bonds is 7. The zero-order valence-electron chi connectivity index (χ0n) is 15.6. The number of benzene rings is 1. The van der Waals surface area contributed by atoms with E-state index in [0.29, 0.717) is 23.0 Å². The lowest BCUT2D eigenvalue weighted by molar-refractivity contribution is -0.157. The van der Waals surface area contributed by atoms with E-state index in [4.69, 9.17) is 23.6 Å². The number of hydrogen-bond donors (Lipinski definition) is 1. The number of nitrogens with one attached hydrogen (secondary N) is 1. The summed E-state index contributed by atoms with van der Waals surface area (Å²) in [6.07, 6.45) is -1.04. The van der Waals surface area contributed by atoms with E-state index in [1.165, 1.54) is 6.92 Å². The van der Waals surface area contributed by atoms with Gasteiger partial charge in [-0.15, -0.1) is 0 Å². The van der Waals surface area contributed by atoms with Gasteiger partial charge in [-0.05, 0) is 39.0 Å². The molecule has 1 aliphatic heterocycles. The number of ether oxygens (including phenoxy) is 3. The number of anilines is 1. The Morgan fingerprint density at radius 2 is 2.07 bits per heavy atom. The van der Waals surface area contributed by atoms with Crippen LogP contribution in [-0.2, 0) is 19.2 Å². The van der Waals surface area contributed by atoms with Gasteiger partial charge in [-0.3, -0.25) is 4.79 Å². The van der Waals surface area contributed by atoms with Crippen LogP contribution in [0.25, 0.3) is 0 Å². The molecular weight excluding hydrogens is 370 g/mol. The minimum Gasteiger partial charge on any atom is -0.454 e. The summed E-state index contributed by atoms with van der Waals surface area (Å²) in [5.41, 5.74) is 1.30. The van der Waals surface area contributed by atoms with Crippen molar-refractivity contribution in [1.82, 2.24) is 5.16 Å². The fourth-order valence-corrected chi connectivity index (χ4v) is 2.29. The average Bonchev–Trinajstić information content (AvgIpc) is 3.29. The molecule has 28 heavy (non-hydrogen) atoms. The first kappa shape index (κ1) is 19.2. The molecule has 10 nitrogen and oxygen atoms in total. The predicted molar refractivity (Wildman–Crippen MR) is 96.2 cm³/mol. The molecule has 148 valence electrons. The number of fused-ring (bicyclic) bond motifs is 1. The molecule has 0 saturated carbocycles. The van der Waals surface area contributed by atoms with Crippen LogP contribution in [0, 0.1) is 6.92 Å². The third-order valence-electron chi connectivity index (χ3n) is 3.73. The lowest BCUT2D eigenvalue weighted by Crippen LogP contribution is -2.31. The Kier molecular flexibility index (Phi) is 5.78. The Bertz CT molecular complexity index is 906. The van der Waals surface area contributed by atoms with Gasteiger partial charge in [-0.25, -0.2) is 4.79 Å². The van der Waals surface area contributed by atoms with Crippen LogP contribution in [0.1, 0.15) is 25.2 Å². The molecule has 1 unspecified atom stereocenters. The number of aryl methyl sites for hydroxylation is 1. The molecule has 3 rings (SSSR count). The third-order valence-corrected chi connectivity index (χ3v) is 3.73. The number of carbonyl (C=O) groups excluding carboxylic acids is 2. The predicted octanol–water partition coefficient (Wildman–Crippen LogP) is 2.02. The van der Waals surface area contributed by atoms with Gasteiger partial charge in [0.05, 0.1) is 5.71 Å². The largest absolute Gasteiger partial charge is 0.454 e. The second-order valence-corrected chi connectivity index (χ2v) is 5.96. The van der Waals surface area contributed by atoms with E-state index in [2.05, 4.69) is 15.6 Å². The van der Waals surface area contributed by atoms with Crippen LogP contribution < -0.4 is 14.8 Å². The smallest absolute Gasteiger partial charge is 0.347 e. The quantitative estimate of drug-likeness (QED) is 0.434. The first-order valence-electron chi connectivity index (χ1n) is 8.42. The topological polar surface area (TPSA) is 121 Å². The van der Waals surface area contributed by atoms with Gasteiger partial charge in [0.1, 0.15) is 5.76 Å². The van der Waals surface area contributed by atoms with Crippen LogP contribution in [0.15, 0.2) is 33.9 Å². The number of carbonyl (C=O) groups is 2. The van der Waals surface area contributed by atoms with Crippen LogP contribution >= 0.6 is 0 Å². The molecule has 0 spiro atoms. The van der Waals surface area contributed by atoms with Crippen molar-refractivity contribution in [3.8, 4) is 11.5 Å². The first-order chi connectivity index (χ1) is 13.4. The summed E-state index contributed by atoms with van der Waals surface area (Å²) in [5.74, 6) is 0.792. The summed E-state index contributed by atoms with van der Waals surface area (Å²) < 4.78 is 20.4. The van der Waals surface area contributed by atoms with Crippen molar-refractivity contribution in [3.05, 3.63) is 35.6 Å². The number of oxime groups is 1. The van der Waals surface area contributed by atoms with Crippen molar-refractivity contribution in [2.45, 2.75) is 26.9 Å². The third kappa shape index (κ3) is 4.78. The molecule has 0 bridgehead atoms. The molecule has 1 N–H and O–H groups in total. The molecule has 1 atom stereocenters. The Hall–Kier alpha value is -3.56. The average molecular weight is 389 g/mol. The molecule has 10 heteroatoms. The molecule has 2 aromatic rings. The Balaban J connectivity index is 1.45. The molecule has 0 fully saturated rings. The highest BCUT2D eigenvalue weighted by atomic mass is 16.7. The van der Waals surface area contributed by atoms with Gasteiger partial charge in [-0.1, -0.05) is 10.3 Å². The highest BCUT2D eigenvalue weighted by Gasteiger charge is 2.19. The normalized spacial score (nSPS) is 13.8. The SMILES string of the molecule is C/C(=N\OCC(=O)OC(C)C(=O)Nc1cc(C)on1)c1ccc2c(c1)OCO2. The minimum absolute atomic E-state index is 0.180. The maximum absolute atomic E-state index is 12.0. The van der Waals surface area contributed by atoms with Gasteiger partial charge in [0.25, 0.3) is 5.91 Å². The van der Waals surface area contributed by atoms with Gasteiger partial charge in [0, 0.05) is 11.6 Å². The van der Waals surface area contributed by atoms with E-state index in [0.717, 1.165) is 5.56 Å². The van der Waals surface area contributed by atoms with Gasteiger partial charge in [0.2, 0.25) is 13.4 Å². The number of esters is 1. The lowest BCUT2D eigenvalue weighted by atomic mass is 10.1. The molecule has 1 aromatic carbocycles. The van der Waals surface area contributed by atoms with E-state index < -0.39 is 24.6 Å². The van der Waals surface area contributed by atoms with Crippen molar-refractivity contribution >= 4 is 23.4 Å². The van der Waals surface area contributed by atoms with E-state index in [-0.39, 0.29) is 12.6 Å². The molecular formula is C18H19N3O7. The molecule has 0 radical (unpaired) electrons. The molecule has 2 heterocycles. The van der Waals surface area contributed by atoms with E-state index in [1.54, 1.807) is 38.1 Å². The minimum atomic E-state index is -1.04. The maximum atomic E-state index is 12.0. The number of amides is 1. The monoisotopic (exact) mass is 389 g/mol. The number of aromatic nitrogens is 1. The van der Waals surface area contributed by atoms with E-state index >= 15 is 0 Å². The lowest BCUT2D eigenvalue weighted by Gasteiger charge is -2.11. The maximum Gasteiger partial charge on any atom is 0.347 e. The highest BCUT2D eigenvalue weighted by Crippen LogP contribution is 2.32. The molecule has 1 amide bonds. The first-order valence-corrected chi connectivity index (χ1v) is 8.42. The van der Waals surface area contributed by atoms with Gasteiger partial charge in [0.15, 0.2) is 23.4 Å². The summed E-state index contributed by atoms with van der Waals surface area (Å²) in [7, 11) is 0. The Morgan fingerprint density at radius 1 is 1.29 bits per heavy atom. The van der Waals surface area contributed by atoms with E-state index in [1.807, 2.05) is 0 Å². The summed E-state index contributed by atoms with van der Waals surface area (Å²) in [5, 5.41) is 9.98. The summed E-state index contributed by atoms with van der Waals surface area (Å²) in [4.78, 5) is 28.8. The zero-order valence-corrected chi connectivity index (χ0v) is 15.6. The highest BCUT2D eigenvalue weighted by molar-refractivity contribution is 5.99. The summed E-state index contributed by atoms with van der Waals surface area (Å²) in [6, 6.07) is 6.87.